The summed E-state index contributed by atoms with van der Waals surface area (Å²) in [6.07, 6.45) is -2.73. The maximum atomic E-state index is 12.9. The van der Waals surface area contributed by atoms with Gasteiger partial charge in [0.15, 0.2) is 0 Å². The van der Waals surface area contributed by atoms with Crippen LogP contribution in [0.4, 0.5) is 18.9 Å². The Hall–Kier alpha value is -3.41. The van der Waals surface area contributed by atoms with E-state index in [0.717, 1.165) is 24.5 Å². The van der Waals surface area contributed by atoms with Gasteiger partial charge in [0, 0.05) is 0 Å². The second-order valence-corrected chi connectivity index (χ2v) is 7.94. The lowest BCUT2D eigenvalue weighted by molar-refractivity contribution is -0.137. The normalized spacial score (nSPS) is 12.0. The molecule has 0 spiro atoms. The standard InChI is InChI=1S/C18H16F3N3O5S/c1-30(28,29)24(15-4-2-3-14(9-15)18(19,20)21)11-16(25)23-22-10-12-5-7-13(8-6-12)17(26)27/h2-10H,11H2,1H3,(H,23,25)(H,26,27)/b22-10-. The summed E-state index contributed by atoms with van der Waals surface area (Å²) in [5.41, 5.74) is 1.20. The number of alkyl halides is 3. The van der Waals surface area contributed by atoms with Crippen molar-refractivity contribution in [3.05, 3.63) is 65.2 Å². The predicted octanol–water partition coefficient (Wildman–Crippen LogP) is 2.32. The molecular formula is C18H16F3N3O5S. The van der Waals surface area contributed by atoms with Gasteiger partial charge >= 0.3 is 12.1 Å². The molecule has 0 fully saturated rings. The third-order valence-corrected chi connectivity index (χ3v) is 4.85. The van der Waals surface area contributed by atoms with Crippen molar-refractivity contribution in [1.82, 2.24) is 5.43 Å². The van der Waals surface area contributed by atoms with Crippen LogP contribution in [-0.2, 0) is 21.0 Å². The monoisotopic (exact) mass is 443 g/mol. The highest BCUT2D eigenvalue weighted by Gasteiger charge is 2.31. The molecular weight excluding hydrogens is 427 g/mol. The van der Waals surface area contributed by atoms with Crippen LogP contribution in [0.25, 0.3) is 0 Å². The topological polar surface area (TPSA) is 116 Å². The molecule has 2 N–H and O–H groups in total. The zero-order valence-electron chi connectivity index (χ0n) is 15.4. The van der Waals surface area contributed by atoms with Gasteiger partial charge in [-0.3, -0.25) is 9.10 Å². The number of carboxylic acids is 1. The number of benzene rings is 2. The van der Waals surface area contributed by atoms with Crippen LogP contribution in [0.5, 0.6) is 0 Å². The first-order valence-electron chi connectivity index (χ1n) is 8.18. The molecule has 160 valence electrons. The molecule has 0 atom stereocenters. The highest BCUT2D eigenvalue weighted by atomic mass is 32.2. The number of anilines is 1. The van der Waals surface area contributed by atoms with Crippen molar-refractivity contribution in [3.8, 4) is 0 Å². The Morgan fingerprint density at radius 2 is 1.80 bits per heavy atom. The van der Waals surface area contributed by atoms with Crippen LogP contribution >= 0.6 is 0 Å². The average molecular weight is 443 g/mol. The zero-order valence-corrected chi connectivity index (χ0v) is 16.2. The zero-order chi connectivity index (χ0) is 22.5. The van der Waals surface area contributed by atoms with E-state index in [-0.39, 0.29) is 11.3 Å². The van der Waals surface area contributed by atoms with Crippen molar-refractivity contribution < 1.29 is 36.3 Å². The molecule has 0 heterocycles. The smallest absolute Gasteiger partial charge is 0.416 e. The Morgan fingerprint density at radius 1 is 1.17 bits per heavy atom. The molecule has 2 aromatic rings. The predicted molar refractivity (Wildman–Crippen MR) is 103 cm³/mol. The number of amides is 1. The van der Waals surface area contributed by atoms with Crippen LogP contribution in [0, 0.1) is 0 Å². The number of carboxylic acid groups (broad SMARTS) is 1. The van der Waals surface area contributed by atoms with Gasteiger partial charge in [-0.25, -0.2) is 18.6 Å². The van der Waals surface area contributed by atoms with Crippen molar-refractivity contribution in [1.29, 1.82) is 0 Å². The van der Waals surface area contributed by atoms with Crippen LogP contribution < -0.4 is 9.73 Å². The van der Waals surface area contributed by atoms with Gasteiger partial charge in [0.25, 0.3) is 5.91 Å². The number of hydrazone groups is 1. The Morgan fingerprint density at radius 3 is 2.33 bits per heavy atom. The molecule has 12 heteroatoms. The SMILES string of the molecule is CS(=O)(=O)N(CC(=O)N/N=C\c1ccc(C(=O)O)cc1)c1cccc(C(F)(F)F)c1. The quantitative estimate of drug-likeness (QED) is 0.503. The molecule has 0 radical (unpaired) electrons. The Balaban J connectivity index is 2.12. The van der Waals surface area contributed by atoms with E-state index in [2.05, 4.69) is 10.5 Å². The lowest BCUT2D eigenvalue weighted by Gasteiger charge is -2.22. The Bertz CT molecular complexity index is 1070. The largest absolute Gasteiger partial charge is 0.478 e. The molecule has 0 unspecified atom stereocenters. The summed E-state index contributed by atoms with van der Waals surface area (Å²) >= 11 is 0. The van der Waals surface area contributed by atoms with Gasteiger partial charge in [-0.15, -0.1) is 0 Å². The van der Waals surface area contributed by atoms with E-state index in [1.807, 2.05) is 0 Å². The number of carbonyl (C=O) groups excluding carboxylic acids is 1. The molecule has 2 rings (SSSR count). The fourth-order valence-electron chi connectivity index (χ4n) is 2.29. The summed E-state index contributed by atoms with van der Waals surface area (Å²) < 4.78 is 63.2. The molecule has 0 aromatic heterocycles. The van der Waals surface area contributed by atoms with Crippen LogP contribution in [0.15, 0.2) is 53.6 Å². The van der Waals surface area contributed by atoms with Gasteiger partial charge in [-0.05, 0) is 35.9 Å². The molecule has 0 saturated carbocycles. The van der Waals surface area contributed by atoms with Crippen molar-refractivity contribution >= 4 is 33.8 Å². The fraction of sp³-hybridized carbons (Fsp3) is 0.167. The lowest BCUT2D eigenvalue weighted by atomic mass is 10.1. The Kier molecular flexibility index (Phi) is 6.82. The summed E-state index contributed by atoms with van der Waals surface area (Å²) in [5.74, 6) is -2.00. The Labute approximate surface area is 169 Å². The van der Waals surface area contributed by atoms with Gasteiger partial charge in [-0.1, -0.05) is 18.2 Å². The van der Waals surface area contributed by atoms with E-state index in [1.54, 1.807) is 0 Å². The molecule has 1 amide bonds. The third-order valence-electron chi connectivity index (χ3n) is 3.71. The average Bonchev–Trinajstić information content (AvgIpc) is 2.65. The highest BCUT2D eigenvalue weighted by molar-refractivity contribution is 7.92. The van der Waals surface area contributed by atoms with E-state index in [0.29, 0.717) is 15.9 Å². The van der Waals surface area contributed by atoms with Crippen LogP contribution in [0.3, 0.4) is 0 Å². The van der Waals surface area contributed by atoms with Gasteiger partial charge in [0.2, 0.25) is 10.0 Å². The first-order valence-corrected chi connectivity index (χ1v) is 10.0. The van der Waals surface area contributed by atoms with Gasteiger partial charge < -0.3 is 5.11 Å². The van der Waals surface area contributed by atoms with Crippen molar-refractivity contribution in [2.24, 2.45) is 5.10 Å². The molecule has 8 nitrogen and oxygen atoms in total. The number of hydrogen-bond donors (Lipinski definition) is 2. The summed E-state index contributed by atoms with van der Waals surface area (Å²) in [4.78, 5) is 22.8. The first kappa shape index (κ1) is 22.9. The number of aromatic carboxylic acids is 1. The van der Waals surface area contributed by atoms with Gasteiger partial charge in [0.05, 0.1) is 29.3 Å². The second-order valence-electron chi connectivity index (χ2n) is 6.04. The highest BCUT2D eigenvalue weighted by Crippen LogP contribution is 2.32. The minimum atomic E-state index is -4.68. The second kappa shape index (κ2) is 8.95. The van der Waals surface area contributed by atoms with Crippen LogP contribution in [-0.4, -0.2) is 44.4 Å². The minimum absolute atomic E-state index is 0.0565. The third kappa shape index (κ3) is 6.30. The van der Waals surface area contributed by atoms with Gasteiger partial charge in [0.1, 0.15) is 6.54 Å². The number of nitrogens with zero attached hydrogens (tertiary/aromatic N) is 2. The number of hydrogen-bond acceptors (Lipinski definition) is 5. The maximum Gasteiger partial charge on any atom is 0.416 e. The molecule has 0 bridgehead atoms. The number of rotatable bonds is 7. The molecule has 0 aliphatic carbocycles. The fourth-order valence-corrected chi connectivity index (χ4v) is 3.14. The van der Waals surface area contributed by atoms with Crippen molar-refractivity contribution in [2.45, 2.75) is 6.18 Å². The van der Waals surface area contributed by atoms with E-state index in [4.69, 9.17) is 5.11 Å². The number of sulfonamides is 1. The molecule has 30 heavy (non-hydrogen) atoms. The van der Waals surface area contributed by atoms with E-state index in [1.165, 1.54) is 30.5 Å². The lowest BCUT2D eigenvalue weighted by Crippen LogP contribution is -2.39. The minimum Gasteiger partial charge on any atom is -0.478 e. The summed E-state index contributed by atoms with van der Waals surface area (Å²) in [6, 6.07) is 9.10. The molecule has 0 saturated heterocycles. The number of nitrogens with one attached hydrogen (secondary N) is 1. The first-order chi connectivity index (χ1) is 13.9. The van der Waals surface area contributed by atoms with Crippen LogP contribution in [0.1, 0.15) is 21.5 Å². The van der Waals surface area contributed by atoms with E-state index in [9.17, 15) is 31.2 Å². The summed E-state index contributed by atoms with van der Waals surface area (Å²) in [7, 11) is -4.07. The van der Waals surface area contributed by atoms with Crippen molar-refractivity contribution in [3.63, 3.8) is 0 Å². The number of carbonyl (C=O) groups is 2. The number of halogens is 3. The van der Waals surface area contributed by atoms with Gasteiger partial charge in [-0.2, -0.15) is 18.3 Å². The van der Waals surface area contributed by atoms with E-state index < -0.39 is 40.2 Å². The molecule has 0 aliphatic rings. The van der Waals surface area contributed by atoms with Crippen molar-refractivity contribution in [2.75, 3.05) is 17.1 Å². The summed E-state index contributed by atoms with van der Waals surface area (Å²) in [6.45, 7) is -0.796. The van der Waals surface area contributed by atoms with Crippen LogP contribution in [0.2, 0.25) is 0 Å². The maximum absolute atomic E-state index is 12.9. The molecule has 2 aromatic carbocycles. The molecule has 0 aliphatic heterocycles. The van der Waals surface area contributed by atoms with E-state index >= 15 is 0 Å². The summed E-state index contributed by atoms with van der Waals surface area (Å²) in [5, 5.41) is 12.5.